The van der Waals surface area contributed by atoms with Crippen LogP contribution in [0.5, 0.6) is 0 Å². The van der Waals surface area contributed by atoms with Gasteiger partial charge in [-0.3, -0.25) is 9.69 Å². The smallest absolute Gasteiger partial charge is 0.239 e. The van der Waals surface area contributed by atoms with Crippen molar-refractivity contribution in [3.63, 3.8) is 0 Å². The lowest BCUT2D eigenvalue weighted by Crippen LogP contribution is -2.30. The summed E-state index contributed by atoms with van der Waals surface area (Å²) in [7, 11) is 1.95. The zero-order valence-electron chi connectivity index (χ0n) is 14.0. The number of likely N-dealkylation sites (N-methyl/N-ethyl adjacent to an activating group) is 1. The average molecular weight is 319 g/mol. The van der Waals surface area contributed by atoms with Gasteiger partial charge in [0.2, 0.25) is 5.91 Å². The van der Waals surface area contributed by atoms with E-state index in [9.17, 15) is 4.79 Å². The van der Waals surface area contributed by atoms with Gasteiger partial charge in [-0.05, 0) is 42.4 Å². The van der Waals surface area contributed by atoms with Crippen molar-refractivity contribution in [1.29, 1.82) is 0 Å². The third kappa shape index (κ3) is 3.97. The summed E-state index contributed by atoms with van der Waals surface area (Å²) in [6, 6.07) is 20.2. The topological polar surface area (TPSA) is 45.2 Å². The van der Waals surface area contributed by atoms with Gasteiger partial charge in [-0.2, -0.15) is 0 Å². The zero-order valence-corrected chi connectivity index (χ0v) is 14.0. The SMILES string of the molecule is Cc1cccc(NC(=O)CN(C)Cc2cccc3ccccc23)n1. The van der Waals surface area contributed by atoms with E-state index in [0.29, 0.717) is 12.4 Å². The van der Waals surface area contributed by atoms with Crippen LogP contribution in [-0.2, 0) is 11.3 Å². The Morgan fingerprint density at radius 2 is 1.79 bits per heavy atom. The highest BCUT2D eigenvalue weighted by atomic mass is 16.2. The summed E-state index contributed by atoms with van der Waals surface area (Å²) in [6.07, 6.45) is 0. The van der Waals surface area contributed by atoms with Crippen molar-refractivity contribution in [3.8, 4) is 0 Å². The molecule has 4 heteroatoms. The number of carbonyl (C=O) groups excluding carboxylic acids is 1. The van der Waals surface area contributed by atoms with Crippen LogP contribution in [0.3, 0.4) is 0 Å². The zero-order chi connectivity index (χ0) is 16.9. The molecule has 0 unspecified atom stereocenters. The van der Waals surface area contributed by atoms with Gasteiger partial charge in [0, 0.05) is 12.2 Å². The molecular weight excluding hydrogens is 298 g/mol. The molecule has 3 aromatic rings. The van der Waals surface area contributed by atoms with Crippen LogP contribution in [-0.4, -0.2) is 29.4 Å². The van der Waals surface area contributed by atoms with Crippen LogP contribution in [0.2, 0.25) is 0 Å². The van der Waals surface area contributed by atoms with Gasteiger partial charge in [-0.1, -0.05) is 48.5 Å². The van der Waals surface area contributed by atoms with E-state index in [1.54, 1.807) is 6.07 Å². The largest absolute Gasteiger partial charge is 0.310 e. The number of carbonyl (C=O) groups is 1. The van der Waals surface area contributed by atoms with Crippen molar-refractivity contribution >= 4 is 22.5 Å². The summed E-state index contributed by atoms with van der Waals surface area (Å²) < 4.78 is 0. The van der Waals surface area contributed by atoms with Crippen molar-refractivity contribution in [2.75, 3.05) is 18.9 Å². The van der Waals surface area contributed by atoms with Crippen molar-refractivity contribution in [2.24, 2.45) is 0 Å². The first-order chi connectivity index (χ1) is 11.6. The van der Waals surface area contributed by atoms with Crippen LogP contribution in [0, 0.1) is 6.92 Å². The van der Waals surface area contributed by atoms with Gasteiger partial charge in [0.1, 0.15) is 5.82 Å². The minimum absolute atomic E-state index is 0.0594. The van der Waals surface area contributed by atoms with Crippen molar-refractivity contribution < 1.29 is 4.79 Å². The lowest BCUT2D eigenvalue weighted by atomic mass is 10.0. The molecule has 0 radical (unpaired) electrons. The predicted octanol–water partition coefficient (Wildman–Crippen LogP) is 3.61. The van der Waals surface area contributed by atoms with Gasteiger partial charge in [0.05, 0.1) is 6.54 Å². The first-order valence-electron chi connectivity index (χ1n) is 8.00. The van der Waals surface area contributed by atoms with Gasteiger partial charge in [0.15, 0.2) is 0 Å². The second-order valence-electron chi connectivity index (χ2n) is 6.02. The molecule has 0 saturated carbocycles. The van der Waals surface area contributed by atoms with Crippen molar-refractivity contribution in [2.45, 2.75) is 13.5 Å². The number of aryl methyl sites for hydroxylation is 1. The number of benzene rings is 2. The van der Waals surface area contributed by atoms with E-state index in [2.05, 4.69) is 40.6 Å². The Bertz CT molecular complexity index is 855. The number of anilines is 1. The highest BCUT2D eigenvalue weighted by Crippen LogP contribution is 2.19. The number of hydrogen-bond donors (Lipinski definition) is 1. The van der Waals surface area contributed by atoms with Crippen LogP contribution in [0.4, 0.5) is 5.82 Å². The molecular formula is C20H21N3O. The van der Waals surface area contributed by atoms with E-state index in [1.165, 1.54) is 16.3 Å². The third-order valence-electron chi connectivity index (χ3n) is 3.89. The molecule has 0 fully saturated rings. The Balaban J connectivity index is 1.64. The highest BCUT2D eigenvalue weighted by Gasteiger charge is 2.09. The molecule has 0 bridgehead atoms. The van der Waals surface area contributed by atoms with E-state index < -0.39 is 0 Å². The Hall–Kier alpha value is -2.72. The number of nitrogens with zero attached hydrogens (tertiary/aromatic N) is 2. The molecule has 1 amide bonds. The van der Waals surface area contributed by atoms with E-state index in [-0.39, 0.29) is 5.91 Å². The fourth-order valence-electron chi connectivity index (χ4n) is 2.82. The molecule has 0 saturated heterocycles. The molecule has 0 aliphatic carbocycles. The number of hydrogen-bond acceptors (Lipinski definition) is 3. The molecule has 24 heavy (non-hydrogen) atoms. The van der Waals surface area contributed by atoms with Crippen molar-refractivity contribution in [1.82, 2.24) is 9.88 Å². The Morgan fingerprint density at radius 1 is 1.04 bits per heavy atom. The quantitative estimate of drug-likeness (QED) is 0.781. The van der Waals surface area contributed by atoms with Gasteiger partial charge >= 0.3 is 0 Å². The molecule has 4 nitrogen and oxygen atoms in total. The summed E-state index contributed by atoms with van der Waals surface area (Å²) >= 11 is 0. The number of fused-ring (bicyclic) bond motifs is 1. The monoisotopic (exact) mass is 319 g/mol. The Labute approximate surface area is 142 Å². The maximum absolute atomic E-state index is 12.2. The second kappa shape index (κ2) is 7.23. The van der Waals surface area contributed by atoms with E-state index >= 15 is 0 Å². The van der Waals surface area contributed by atoms with Crippen molar-refractivity contribution in [3.05, 3.63) is 71.9 Å². The highest BCUT2D eigenvalue weighted by molar-refractivity contribution is 5.91. The lowest BCUT2D eigenvalue weighted by molar-refractivity contribution is -0.117. The molecule has 1 aromatic heterocycles. The van der Waals surface area contributed by atoms with Crippen LogP contribution in [0.1, 0.15) is 11.3 Å². The van der Waals surface area contributed by atoms with Gasteiger partial charge in [-0.15, -0.1) is 0 Å². The number of aromatic nitrogens is 1. The van der Waals surface area contributed by atoms with Crippen LogP contribution >= 0.6 is 0 Å². The normalized spacial score (nSPS) is 11.0. The van der Waals surface area contributed by atoms with Crippen LogP contribution < -0.4 is 5.32 Å². The molecule has 0 spiro atoms. The standard InChI is InChI=1S/C20H21N3O/c1-15-7-5-12-19(21-15)22-20(24)14-23(2)13-17-10-6-9-16-8-3-4-11-18(16)17/h3-12H,13-14H2,1-2H3,(H,21,22,24). The average Bonchev–Trinajstić information content (AvgIpc) is 2.55. The summed E-state index contributed by atoms with van der Waals surface area (Å²) in [5, 5.41) is 5.29. The second-order valence-corrected chi connectivity index (χ2v) is 6.02. The summed E-state index contributed by atoms with van der Waals surface area (Å²) in [5.41, 5.74) is 2.11. The molecule has 0 atom stereocenters. The maximum atomic E-state index is 12.2. The van der Waals surface area contributed by atoms with Crippen LogP contribution in [0.15, 0.2) is 60.7 Å². The molecule has 122 valence electrons. The summed E-state index contributed by atoms with van der Waals surface area (Å²) in [6.45, 7) is 2.94. The van der Waals surface area contributed by atoms with Crippen LogP contribution in [0.25, 0.3) is 10.8 Å². The predicted molar refractivity (Wildman–Crippen MR) is 97.9 cm³/mol. The van der Waals surface area contributed by atoms with E-state index in [1.807, 2.05) is 43.1 Å². The summed E-state index contributed by atoms with van der Waals surface area (Å²) in [5.74, 6) is 0.536. The first kappa shape index (κ1) is 16.1. The van der Waals surface area contributed by atoms with Gasteiger partial charge < -0.3 is 5.32 Å². The summed E-state index contributed by atoms with van der Waals surface area (Å²) in [4.78, 5) is 18.5. The Morgan fingerprint density at radius 3 is 2.62 bits per heavy atom. The third-order valence-corrected chi connectivity index (χ3v) is 3.89. The van der Waals surface area contributed by atoms with Gasteiger partial charge in [-0.25, -0.2) is 4.98 Å². The minimum Gasteiger partial charge on any atom is -0.310 e. The number of nitrogens with one attached hydrogen (secondary N) is 1. The molecule has 1 N–H and O–H groups in total. The fraction of sp³-hybridized carbons (Fsp3) is 0.200. The fourth-order valence-corrected chi connectivity index (χ4v) is 2.82. The van der Waals surface area contributed by atoms with E-state index in [0.717, 1.165) is 12.2 Å². The maximum Gasteiger partial charge on any atom is 0.239 e. The lowest BCUT2D eigenvalue weighted by Gasteiger charge is -2.17. The Kier molecular flexibility index (Phi) is 4.87. The molecule has 2 aromatic carbocycles. The number of amides is 1. The number of pyridine rings is 1. The molecule has 3 rings (SSSR count). The molecule has 0 aliphatic heterocycles. The number of rotatable bonds is 5. The molecule has 1 heterocycles. The first-order valence-corrected chi connectivity index (χ1v) is 8.00. The minimum atomic E-state index is -0.0594. The van der Waals surface area contributed by atoms with Gasteiger partial charge in [0.25, 0.3) is 0 Å². The molecule has 0 aliphatic rings. The van der Waals surface area contributed by atoms with E-state index in [4.69, 9.17) is 0 Å².